The van der Waals surface area contributed by atoms with E-state index in [9.17, 15) is 14.0 Å². The molecule has 1 rings (SSSR count). The molecule has 18 heavy (non-hydrogen) atoms. The molecule has 0 aromatic heterocycles. The van der Waals surface area contributed by atoms with Gasteiger partial charge in [0.1, 0.15) is 5.82 Å². The molecule has 2 atom stereocenters. The van der Waals surface area contributed by atoms with Gasteiger partial charge in [-0.05, 0) is 24.6 Å². The van der Waals surface area contributed by atoms with E-state index >= 15 is 0 Å². The van der Waals surface area contributed by atoms with Crippen LogP contribution in [0.5, 0.6) is 0 Å². The number of hydrogen-bond acceptors (Lipinski definition) is 3. The average molecular weight is 253 g/mol. The number of primary amides is 1. The van der Waals surface area contributed by atoms with Crippen LogP contribution in [0.3, 0.4) is 0 Å². The van der Waals surface area contributed by atoms with Crippen molar-refractivity contribution in [1.29, 1.82) is 0 Å². The summed E-state index contributed by atoms with van der Waals surface area (Å²) in [7, 11) is 0. The number of hydrogen-bond donors (Lipinski definition) is 3. The second kappa shape index (κ2) is 6.11. The van der Waals surface area contributed by atoms with E-state index in [2.05, 4.69) is 5.32 Å². The second-order valence-corrected chi connectivity index (χ2v) is 4.06. The zero-order valence-electron chi connectivity index (χ0n) is 10.0. The number of carbonyl (C=O) groups is 2. The second-order valence-electron chi connectivity index (χ2n) is 4.06. The Morgan fingerprint density at radius 1 is 1.44 bits per heavy atom. The fraction of sp³-hybridized carbons (Fsp3) is 0.333. The fourth-order valence-electron chi connectivity index (χ4n) is 1.49. The van der Waals surface area contributed by atoms with E-state index in [1.807, 2.05) is 0 Å². The van der Waals surface area contributed by atoms with Gasteiger partial charge < -0.3 is 16.8 Å². The molecule has 5 N–H and O–H groups in total. The van der Waals surface area contributed by atoms with E-state index in [0.717, 1.165) is 0 Å². The number of carbonyl (C=O) groups excluding carboxylic acids is 2. The number of amides is 2. The molecule has 0 heterocycles. The van der Waals surface area contributed by atoms with Crippen molar-refractivity contribution in [3.63, 3.8) is 0 Å². The largest absolute Gasteiger partial charge is 0.370 e. The topological polar surface area (TPSA) is 98.2 Å². The highest BCUT2D eigenvalue weighted by Crippen LogP contribution is 2.13. The van der Waals surface area contributed by atoms with Gasteiger partial charge in [-0.3, -0.25) is 9.59 Å². The van der Waals surface area contributed by atoms with Crippen molar-refractivity contribution < 1.29 is 14.0 Å². The monoisotopic (exact) mass is 253 g/mol. The molecule has 0 spiro atoms. The summed E-state index contributed by atoms with van der Waals surface area (Å²) in [6.45, 7) is 1.70. The lowest BCUT2D eigenvalue weighted by molar-refractivity contribution is -0.126. The van der Waals surface area contributed by atoms with Crippen LogP contribution in [-0.4, -0.2) is 17.9 Å². The number of nitrogens with one attached hydrogen (secondary N) is 1. The molecule has 1 unspecified atom stereocenters. The van der Waals surface area contributed by atoms with Gasteiger partial charge in [0.05, 0.1) is 18.5 Å². The fourth-order valence-corrected chi connectivity index (χ4v) is 1.49. The predicted octanol–water partition coefficient (Wildman–Crippen LogP) is 0.206. The number of halogens is 1. The molecule has 0 saturated carbocycles. The maximum atomic E-state index is 13.0. The van der Waals surface area contributed by atoms with Gasteiger partial charge in [0, 0.05) is 0 Å². The van der Waals surface area contributed by atoms with Crippen molar-refractivity contribution in [3.8, 4) is 0 Å². The Morgan fingerprint density at radius 3 is 2.67 bits per heavy atom. The first kappa shape index (κ1) is 14.1. The van der Waals surface area contributed by atoms with E-state index in [4.69, 9.17) is 11.5 Å². The van der Waals surface area contributed by atoms with Crippen LogP contribution in [0.2, 0.25) is 0 Å². The minimum absolute atomic E-state index is 0.221. The summed E-state index contributed by atoms with van der Waals surface area (Å²) in [4.78, 5) is 22.2. The summed E-state index contributed by atoms with van der Waals surface area (Å²) < 4.78 is 13.0. The van der Waals surface area contributed by atoms with Crippen LogP contribution in [0.1, 0.15) is 24.9 Å². The van der Waals surface area contributed by atoms with Crippen molar-refractivity contribution >= 4 is 11.8 Å². The number of rotatable bonds is 5. The first-order chi connectivity index (χ1) is 8.40. The van der Waals surface area contributed by atoms with Gasteiger partial charge in [-0.1, -0.05) is 12.1 Å². The molecule has 0 radical (unpaired) electrons. The van der Waals surface area contributed by atoms with Gasteiger partial charge in [0.15, 0.2) is 0 Å². The predicted molar refractivity (Wildman–Crippen MR) is 64.7 cm³/mol. The normalized spacial score (nSPS) is 13.7. The van der Waals surface area contributed by atoms with Crippen LogP contribution in [0.25, 0.3) is 0 Å². The Bertz CT molecular complexity index is 451. The van der Waals surface area contributed by atoms with E-state index in [1.54, 1.807) is 19.1 Å². The van der Waals surface area contributed by atoms with Crippen LogP contribution in [0, 0.1) is 5.82 Å². The van der Waals surface area contributed by atoms with Crippen molar-refractivity contribution in [2.24, 2.45) is 11.5 Å². The van der Waals surface area contributed by atoms with Gasteiger partial charge in [-0.2, -0.15) is 0 Å². The molecule has 1 aromatic rings. The summed E-state index contributed by atoms with van der Waals surface area (Å²) in [5.74, 6) is -1.52. The van der Waals surface area contributed by atoms with Crippen molar-refractivity contribution in [1.82, 2.24) is 5.32 Å². The number of benzene rings is 1. The molecule has 98 valence electrons. The third kappa shape index (κ3) is 4.14. The first-order valence-corrected chi connectivity index (χ1v) is 5.50. The third-order valence-electron chi connectivity index (χ3n) is 2.47. The summed E-state index contributed by atoms with van der Waals surface area (Å²) in [5, 5.41) is 2.59. The Balaban J connectivity index is 2.62. The Kier molecular flexibility index (Phi) is 4.79. The average Bonchev–Trinajstić information content (AvgIpc) is 2.27. The Hall–Kier alpha value is -1.95. The molecule has 0 aliphatic heterocycles. The zero-order valence-corrected chi connectivity index (χ0v) is 10.0. The smallest absolute Gasteiger partial charge is 0.237 e. The van der Waals surface area contributed by atoms with Crippen molar-refractivity contribution in [2.45, 2.75) is 25.4 Å². The van der Waals surface area contributed by atoms with E-state index in [0.29, 0.717) is 5.56 Å². The lowest BCUT2D eigenvalue weighted by Crippen LogP contribution is -2.43. The maximum absolute atomic E-state index is 13.0. The molecule has 0 bridgehead atoms. The lowest BCUT2D eigenvalue weighted by atomic mass is 10.1. The van der Waals surface area contributed by atoms with Crippen LogP contribution in [0.15, 0.2) is 24.3 Å². The molecule has 1 aromatic carbocycles. The molecule has 6 heteroatoms. The molecule has 2 amide bonds. The van der Waals surface area contributed by atoms with E-state index in [1.165, 1.54) is 12.1 Å². The van der Waals surface area contributed by atoms with Crippen LogP contribution < -0.4 is 16.8 Å². The highest BCUT2D eigenvalue weighted by atomic mass is 19.1. The molecule has 0 fully saturated rings. The highest BCUT2D eigenvalue weighted by Gasteiger charge is 2.18. The van der Waals surface area contributed by atoms with Crippen LogP contribution in [-0.2, 0) is 9.59 Å². The number of nitrogens with two attached hydrogens (primary N) is 2. The minimum atomic E-state index is -0.987. The van der Waals surface area contributed by atoms with Crippen LogP contribution >= 0.6 is 0 Å². The van der Waals surface area contributed by atoms with Gasteiger partial charge in [-0.25, -0.2) is 4.39 Å². The Morgan fingerprint density at radius 2 is 2.11 bits per heavy atom. The van der Waals surface area contributed by atoms with Gasteiger partial charge in [0.2, 0.25) is 11.8 Å². The lowest BCUT2D eigenvalue weighted by Gasteiger charge is -2.17. The molecular weight excluding hydrogens is 237 g/mol. The molecule has 0 aliphatic carbocycles. The SMILES string of the molecule is C[C@H](NC(=O)C(N)CC(N)=O)c1cccc(F)c1. The maximum Gasteiger partial charge on any atom is 0.237 e. The van der Waals surface area contributed by atoms with E-state index < -0.39 is 23.9 Å². The van der Waals surface area contributed by atoms with Crippen molar-refractivity contribution in [2.75, 3.05) is 0 Å². The van der Waals surface area contributed by atoms with E-state index in [-0.39, 0.29) is 12.2 Å². The summed E-state index contributed by atoms with van der Waals surface area (Å²) in [6, 6.07) is 4.50. The molecular formula is C12H16FN3O2. The zero-order chi connectivity index (χ0) is 13.7. The Labute approximate surface area is 104 Å². The summed E-state index contributed by atoms with van der Waals surface area (Å²) >= 11 is 0. The van der Waals surface area contributed by atoms with Crippen LogP contribution in [0.4, 0.5) is 4.39 Å². The summed E-state index contributed by atoms with van der Waals surface area (Å²) in [6.07, 6.45) is -0.221. The standard InChI is InChI=1S/C12H16FN3O2/c1-7(8-3-2-4-9(13)5-8)16-12(18)10(14)6-11(15)17/h2-5,7,10H,6,14H2,1H3,(H2,15,17)(H,16,18)/t7-,10?/m0/s1. The molecule has 5 nitrogen and oxygen atoms in total. The van der Waals surface area contributed by atoms with Crippen molar-refractivity contribution in [3.05, 3.63) is 35.6 Å². The molecule has 0 saturated heterocycles. The minimum Gasteiger partial charge on any atom is -0.370 e. The summed E-state index contributed by atoms with van der Waals surface area (Å²) in [5.41, 5.74) is 11.1. The highest BCUT2D eigenvalue weighted by molar-refractivity contribution is 5.87. The van der Waals surface area contributed by atoms with Gasteiger partial charge >= 0.3 is 0 Å². The van der Waals surface area contributed by atoms with Gasteiger partial charge in [0.25, 0.3) is 0 Å². The quantitative estimate of drug-likeness (QED) is 0.699. The third-order valence-corrected chi connectivity index (χ3v) is 2.47. The first-order valence-electron chi connectivity index (χ1n) is 5.50. The van der Waals surface area contributed by atoms with Gasteiger partial charge in [-0.15, -0.1) is 0 Å². The molecule has 0 aliphatic rings.